The maximum atomic E-state index is 12.9. The third kappa shape index (κ3) is 5.01. The molecule has 2 aromatic carbocycles. The lowest BCUT2D eigenvalue weighted by Gasteiger charge is -2.13. The molecule has 5 nitrogen and oxygen atoms in total. The summed E-state index contributed by atoms with van der Waals surface area (Å²) in [6, 6.07) is 10.5. The Morgan fingerprint density at radius 3 is 2.08 bits per heavy atom. The highest BCUT2D eigenvalue weighted by Gasteiger charge is 2.31. The van der Waals surface area contributed by atoms with Gasteiger partial charge in [-0.1, -0.05) is 30.3 Å². The number of hydrogen-bond donors (Lipinski definition) is 3. The fraction of sp³-hybridized carbons (Fsp3) is 0.125. The molecule has 4 N–H and O–H groups in total. The Labute approximate surface area is 135 Å². The maximum Gasteiger partial charge on any atom is 0.416 e. The van der Waals surface area contributed by atoms with Crippen molar-refractivity contribution < 1.29 is 22.8 Å². The molecule has 0 spiro atoms. The molecule has 0 aliphatic rings. The molecule has 0 atom stereocenters. The molecule has 0 aliphatic carbocycles. The molecule has 0 aliphatic heterocycles. The highest BCUT2D eigenvalue weighted by molar-refractivity contribution is 5.94. The first kappa shape index (κ1) is 17.3. The molecule has 126 valence electrons. The fourth-order valence-corrected chi connectivity index (χ4v) is 2.06. The van der Waals surface area contributed by atoms with E-state index in [1.165, 1.54) is 6.07 Å². The number of amides is 3. The van der Waals surface area contributed by atoms with Crippen LogP contribution in [-0.2, 0) is 17.4 Å². The summed E-state index contributed by atoms with van der Waals surface area (Å²) in [6.07, 6.45) is -4.62. The van der Waals surface area contributed by atoms with Crippen molar-refractivity contribution in [2.24, 2.45) is 5.73 Å². The number of nitrogens with one attached hydrogen (secondary N) is 2. The first-order chi connectivity index (χ1) is 11.2. The number of anilines is 2. The van der Waals surface area contributed by atoms with Gasteiger partial charge in [0.05, 0.1) is 12.0 Å². The van der Waals surface area contributed by atoms with Gasteiger partial charge in [0.1, 0.15) is 0 Å². The summed E-state index contributed by atoms with van der Waals surface area (Å²) in [7, 11) is 0. The van der Waals surface area contributed by atoms with Gasteiger partial charge in [0, 0.05) is 11.4 Å². The van der Waals surface area contributed by atoms with Crippen molar-refractivity contribution in [2.75, 3.05) is 10.6 Å². The Bertz CT molecular complexity index is 746. The average Bonchev–Trinajstić information content (AvgIpc) is 2.46. The summed E-state index contributed by atoms with van der Waals surface area (Å²) in [5, 5.41) is 4.45. The second kappa shape index (κ2) is 7.03. The predicted octanol–water partition coefficient (Wildman–Crippen LogP) is 3.38. The molecule has 0 aromatic heterocycles. The van der Waals surface area contributed by atoms with Gasteiger partial charge in [-0.2, -0.15) is 13.2 Å². The first-order valence-electron chi connectivity index (χ1n) is 6.86. The van der Waals surface area contributed by atoms with Crippen LogP contribution >= 0.6 is 0 Å². The Morgan fingerprint density at radius 2 is 1.54 bits per heavy atom. The summed E-state index contributed by atoms with van der Waals surface area (Å²) in [4.78, 5) is 22.8. The minimum atomic E-state index is -4.63. The normalized spacial score (nSPS) is 11.0. The molecule has 2 aromatic rings. The van der Waals surface area contributed by atoms with Gasteiger partial charge in [0.15, 0.2) is 0 Å². The van der Waals surface area contributed by atoms with Crippen LogP contribution in [0.1, 0.15) is 11.1 Å². The van der Waals surface area contributed by atoms with Crippen molar-refractivity contribution in [1.29, 1.82) is 0 Å². The third-order valence-corrected chi connectivity index (χ3v) is 3.02. The van der Waals surface area contributed by atoms with Crippen molar-refractivity contribution in [3.63, 3.8) is 0 Å². The number of primary amides is 1. The Morgan fingerprint density at radius 1 is 0.958 bits per heavy atom. The van der Waals surface area contributed by atoms with Crippen molar-refractivity contribution >= 4 is 23.3 Å². The molecule has 0 saturated heterocycles. The van der Waals surface area contributed by atoms with E-state index < -0.39 is 23.7 Å². The first-order valence-corrected chi connectivity index (χ1v) is 6.86. The highest BCUT2D eigenvalue weighted by atomic mass is 19.4. The number of alkyl halides is 3. The van der Waals surface area contributed by atoms with Crippen LogP contribution in [0.15, 0.2) is 48.5 Å². The van der Waals surface area contributed by atoms with Gasteiger partial charge < -0.3 is 16.4 Å². The summed E-state index contributed by atoms with van der Waals surface area (Å²) < 4.78 is 38.7. The molecular formula is C16H14F3N3O2. The number of halogens is 3. The van der Waals surface area contributed by atoms with Crippen molar-refractivity contribution in [1.82, 2.24) is 0 Å². The quantitative estimate of drug-likeness (QED) is 0.799. The number of carbonyl (C=O) groups excluding carboxylic acids is 2. The van der Waals surface area contributed by atoms with Crippen LogP contribution in [0.3, 0.4) is 0 Å². The molecule has 0 unspecified atom stereocenters. The highest BCUT2D eigenvalue weighted by Crippen LogP contribution is 2.33. The molecule has 2 rings (SSSR count). The minimum absolute atomic E-state index is 0.00959. The predicted molar refractivity (Wildman–Crippen MR) is 83.4 cm³/mol. The summed E-state index contributed by atoms with van der Waals surface area (Å²) in [5.74, 6) is -0.481. The van der Waals surface area contributed by atoms with Crippen LogP contribution < -0.4 is 16.4 Å². The lowest BCUT2D eigenvalue weighted by molar-refractivity contribution is -0.137. The van der Waals surface area contributed by atoms with E-state index in [0.29, 0.717) is 0 Å². The molecule has 0 bridgehead atoms. The van der Waals surface area contributed by atoms with E-state index in [1.807, 2.05) is 0 Å². The monoisotopic (exact) mass is 337 g/mol. The topological polar surface area (TPSA) is 84.2 Å². The summed E-state index contributed by atoms with van der Waals surface area (Å²) >= 11 is 0. The molecule has 24 heavy (non-hydrogen) atoms. The maximum absolute atomic E-state index is 12.9. The third-order valence-electron chi connectivity index (χ3n) is 3.02. The van der Waals surface area contributed by atoms with E-state index in [0.717, 1.165) is 17.7 Å². The van der Waals surface area contributed by atoms with Crippen LogP contribution in [0, 0.1) is 0 Å². The van der Waals surface area contributed by atoms with E-state index in [4.69, 9.17) is 5.73 Å². The molecule has 0 saturated carbocycles. The van der Waals surface area contributed by atoms with Crippen molar-refractivity contribution in [2.45, 2.75) is 12.6 Å². The lowest BCUT2D eigenvalue weighted by atomic mass is 10.1. The summed E-state index contributed by atoms with van der Waals surface area (Å²) in [6.45, 7) is 0. The zero-order valence-corrected chi connectivity index (χ0v) is 12.4. The number of urea groups is 1. The molecule has 3 amide bonds. The Balaban J connectivity index is 2.21. The molecule has 8 heteroatoms. The lowest BCUT2D eigenvalue weighted by Crippen LogP contribution is -2.20. The van der Waals surface area contributed by atoms with Crippen molar-refractivity contribution in [3.8, 4) is 0 Å². The average molecular weight is 337 g/mol. The van der Waals surface area contributed by atoms with Gasteiger partial charge in [-0.15, -0.1) is 0 Å². The number of nitrogens with two attached hydrogens (primary N) is 1. The van der Waals surface area contributed by atoms with Gasteiger partial charge in [-0.05, 0) is 23.8 Å². The SMILES string of the molecule is NC(=O)Nc1cc(NC(=O)Cc2ccccc2)cc(C(F)(F)F)c1. The number of benzene rings is 2. The molecule has 0 heterocycles. The summed E-state index contributed by atoms with van der Waals surface area (Å²) in [5.41, 5.74) is 4.38. The van der Waals surface area contributed by atoms with Gasteiger partial charge in [0.25, 0.3) is 0 Å². The van der Waals surface area contributed by atoms with Crippen LogP contribution in [0.5, 0.6) is 0 Å². The zero-order chi connectivity index (χ0) is 17.7. The second-order valence-electron chi connectivity index (χ2n) is 5.00. The van der Waals surface area contributed by atoms with E-state index in [-0.39, 0.29) is 17.8 Å². The molecular weight excluding hydrogens is 323 g/mol. The van der Waals surface area contributed by atoms with Crippen molar-refractivity contribution in [3.05, 3.63) is 59.7 Å². The minimum Gasteiger partial charge on any atom is -0.351 e. The van der Waals surface area contributed by atoms with Gasteiger partial charge >= 0.3 is 12.2 Å². The Kier molecular flexibility index (Phi) is 5.08. The Hall–Kier alpha value is -3.03. The molecule has 0 radical (unpaired) electrons. The van der Waals surface area contributed by atoms with Gasteiger partial charge in [-0.3, -0.25) is 4.79 Å². The molecule has 0 fully saturated rings. The number of rotatable bonds is 4. The van der Waals surface area contributed by atoms with E-state index >= 15 is 0 Å². The van der Waals surface area contributed by atoms with E-state index in [2.05, 4.69) is 10.6 Å². The van der Waals surface area contributed by atoms with E-state index in [1.54, 1.807) is 30.3 Å². The van der Waals surface area contributed by atoms with Crippen LogP contribution in [0.4, 0.5) is 29.3 Å². The largest absolute Gasteiger partial charge is 0.416 e. The van der Waals surface area contributed by atoms with Crippen LogP contribution in [0.25, 0.3) is 0 Å². The number of carbonyl (C=O) groups is 2. The standard InChI is InChI=1S/C16H14F3N3O2/c17-16(18,19)11-7-12(9-13(8-11)22-15(20)24)21-14(23)6-10-4-2-1-3-5-10/h1-5,7-9H,6H2,(H,21,23)(H3,20,22,24). The van der Waals surface area contributed by atoms with Crippen LogP contribution in [-0.4, -0.2) is 11.9 Å². The number of hydrogen-bond acceptors (Lipinski definition) is 2. The zero-order valence-electron chi connectivity index (χ0n) is 12.4. The van der Waals surface area contributed by atoms with Gasteiger partial charge in [0.2, 0.25) is 5.91 Å². The van der Waals surface area contributed by atoms with Crippen LogP contribution in [0.2, 0.25) is 0 Å². The second-order valence-corrected chi connectivity index (χ2v) is 5.00. The fourth-order valence-electron chi connectivity index (χ4n) is 2.06. The van der Waals surface area contributed by atoms with E-state index in [9.17, 15) is 22.8 Å². The van der Waals surface area contributed by atoms with Gasteiger partial charge in [-0.25, -0.2) is 4.79 Å². The smallest absolute Gasteiger partial charge is 0.351 e.